The van der Waals surface area contributed by atoms with Gasteiger partial charge in [-0.3, -0.25) is 9.69 Å². The summed E-state index contributed by atoms with van der Waals surface area (Å²) >= 11 is 0. The quantitative estimate of drug-likeness (QED) is 0.883. The van der Waals surface area contributed by atoms with Crippen LogP contribution < -0.4 is 5.32 Å². The van der Waals surface area contributed by atoms with Crippen LogP contribution in [0.15, 0.2) is 47.1 Å². The largest absolute Gasteiger partial charge is 0.464 e. The molecule has 0 saturated carbocycles. The van der Waals surface area contributed by atoms with Gasteiger partial charge in [0.1, 0.15) is 5.76 Å². The Hall–Kier alpha value is -2.80. The molecule has 2 aromatic rings. The number of hydrogen-bond donors (Lipinski definition) is 1. The lowest BCUT2D eigenvalue weighted by molar-refractivity contribution is -0.131. The summed E-state index contributed by atoms with van der Waals surface area (Å²) in [5.41, 5.74) is 1.73. The van der Waals surface area contributed by atoms with Gasteiger partial charge in [0.25, 0.3) is 0 Å². The molecule has 2 aliphatic rings. The molecule has 0 atom stereocenters. The minimum absolute atomic E-state index is 0.101. The predicted molar refractivity (Wildman–Crippen MR) is 107 cm³/mol. The first-order chi connectivity index (χ1) is 13.7. The maximum absolute atomic E-state index is 12.5. The van der Waals surface area contributed by atoms with E-state index in [1.54, 1.807) is 11.2 Å². The third-order valence-corrected chi connectivity index (χ3v) is 5.42. The highest BCUT2D eigenvalue weighted by molar-refractivity contribution is 5.89. The lowest BCUT2D eigenvalue weighted by Crippen LogP contribution is -2.52. The first kappa shape index (κ1) is 18.6. The SMILES string of the molecule is O=C(CN1CCN(C(=O)Nc2ccc(-c3ccco3)cc2)CC1)N1CCCC1. The number of urea groups is 1. The first-order valence-corrected chi connectivity index (χ1v) is 9.89. The Morgan fingerprint density at radius 3 is 2.25 bits per heavy atom. The normalized spacial score (nSPS) is 17.7. The van der Waals surface area contributed by atoms with Crippen LogP contribution in [0, 0.1) is 0 Å². The average molecular weight is 382 g/mol. The van der Waals surface area contributed by atoms with Crippen molar-refractivity contribution in [2.45, 2.75) is 12.8 Å². The number of benzene rings is 1. The molecule has 0 unspecified atom stereocenters. The van der Waals surface area contributed by atoms with Crippen LogP contribution in [0.1, 0.15) is 12.8 Å². The molecular formula is C21H26N4O3. The molecule has 148 valence electrons. The van der Waals surface area contributed by atoms with Gasteiger partial charge in [-0.1, -0.05) is 0 Å². The lowest BCUT2D eigenvalue weighted by atomic mass is 10.1. The number of hydrogen-bond acceptors (Lipinski definition) is 4. The molecule has 1 aromatic carbocycles. The third-order valence-electron chi connectivity index (χ3n) is 5.42. The highest BCUT2D eigenvalue weighted by Gasteiger charge is 2.25. The second-order valence-corrected chi connectivity index (χ2v) is 7.34. The summed E-state index contributed by atoms with van der Waals surface area (Å²) in [6.45, 7) is 4.95. The van der Waals surface area contributed by atoms with Crippen LogP contribution >= 0.6 is 0 Å². The number of furan rings is 1. The molecule has 0 aliphatic carbocycles. The van der Waals surface area contributed by atoms with Crippen molar-refractivity contribution < 1.29 is 14.0 Å². The number of nitrogens with one attached hydrogen (secondary N) is 1. The smallest absolute Gasteiger partial charge is 0.321 e. The van der Waals surface area contributed by atoms with Crippen molar-refractivity contribution >= 4 is 17.6 Å². The van der Waals surface area contributed by atoms with Gasteiger partial charge in [-0.05, 0) is 49.2 Å². The molecule has 0 spiro atoms. The third kappa shape index (κ3) is 4.36. The number of rotatable bonds is 4. The van der Waals surface area contributed by atoms with E-state index in [4.69, 9.17) is 4.42 Å². The topological polar surface area (TPSA) is 69.0 Å². The zero-order valence-corrected chi connectivity index (χ0v) is 16.0. The van der Waals surface area contributed by atoms with Crippen LogP contribution in [0.25, 0.3) is 11.3 Å². The molecule has 28 heavy (non-hydrogen) atoms. The maximum atomic E-state index is 12.5. The molecule has 7 nitrogen and oxygen atoms in total. The average Bonchev–Trinajstić information content (AvgIpc) is 3.43. The van der Waals surface area contributed by atoms with Crippen LogP contribution in [0.5, 0.6) is 0 Å². The van der Waals surface area contributed by atoms with Crippen molar-refractivity contribution in [2.75, 3.05) is 51.1 Å². The van der Waals surface area contributed by atoms with Crippen LogP contribution in [-0.4, -0.2) is 72.5 Å². The van der Waals surface area contributed by atoms with E-state index >= 15 is 0 Å². The number of nitrogens with zero attached hydrogens (tertiary/aromatic N) is 3. The summed E-state index contributed by atoms with van der Waals surface area (Å²) in [6.07, 6.45) is 3.87. The Labute approximate surface area is 164 Å². The van der Waals surface area contributed by atoms with Gasteiger partial charge in [-0.25, -0.2) is 4.79 Å². The fourth-order valence-electron chi connectivity index (χ4n) is 3.73. The van der Waals surface area contributed by atoms with Crippen molar-refractivity contribution in [3.8, 4) is 11.3 Å². The van der Waals surface area contributed by atoms with E-state index in [0.717, 1.165) is 56.0 Å². The molecule has 0 bridgehead atoms. The summed E-state index contributed by atoms with van der Waals surface area (Å²) < 4.78 is 5.38. The van der Waals surface area contributed by atoms with Gasteiger partial charge in [0, 0.05) is 50.5 Å². The van der Waals surface area contributed by atoms with E-state index in [9.17, 15) is 9.59 Å². The van der Waals surface area contributed by atoms with Crippen LogP contribution in [0.4, 0.5) is 10.5 Å². The highest BCUT2D eigenvalue weighted by atomic mass is 16.3. The van der Waals surface area contributed by atoms with E-state index in [2.05, 4.69) is 10.2 Å². The van der Waals surface area contributed by atoms with Gasteiger partial charge < -0.3 is 19.5 Å². The summed E-state index contributed by atoms with van der Waals surface area (Å²) in [5, 5.41) is 2.95. The van der Waals surface area contributed by atoms with Crippen LogP contribution in [0.2, 0.25) is 0 Å². The molecule has 3 heterocycles. The molecule has 3 amide bonds. The zero-order valence-electron chi connectivity index (χ0n) is 16.0. The van der Waals surface area contributed by atoms with E-state index < -0.39 is 0 Å². The highest BCUT2D eigenvalue weighted by Crippen LogP contribution is 2.22. The zero-order chi connectivity index (χ0) is 19.3. The molecule has 1 aromatic heterocycles. The molecule has 2 fully saturated rings. The van der Waals surface area contributed by atoms with Crippen LogP contribution in [-0.2, 0) is 4.79 Å². The molecule has 7 heteroatoms. The number of carbonyl (C=O) groups excluding carboxylic acids is 2. The van der Waals surface area contributed by atoms with Crippen LogP contribution in [0.3, 0.4) is 0 Å². The van der Waals surface area contributed by atoms with Gasteiger partial charge in [-0.15, -0.1) is 0 Å². The van der Waals surface area contributed by atoms with Gasteiger partial charge in [0.15, 0.2) is 0 Å². The number of amides is 3. The number of likely N-dealkylation sites (tertiary alicyclic amines) is 1. The first-order valence-electron chi connectivity index (χ1n) is 9.89. The van der Waals surface area contributed by atoms with Gasteiger partial charge in [-0.2, -0.15) is 0 Å². The maximum Gasteiger partial charge on any atom is 0.321 e. The minimum atomic E-state index is -0.101. The van der Waals surface area contributed by atoms with Crippen molar-refractivity contribution in [2.24, 2.45) is 0 Å². The Kier molecular flexibility index (Phi) is 5.62. The van der Waals surface area contributed by atoms with E-state index in [1.165, 1.54) is 0 Å². The van der Waals surface area contributed by atoms with Crippen molar-refractivity contribution in [3.05, 3.63) is 42.7 Å². The van der Waals surface area contributed by atoms with Crippen molar-refractivity contribution in [1.82, 2.24) is 14.7 Å². The lowest BCUT2D eigenvalue weighted by Gasteiger charge is -2.35. The van der Waals surface area contributed by atoms with Gasteiger partial charge in [0.2, 0.25) is 5.91 Å². The fourth-order valence-corrected chi connectivity index (χ4v) is 3.73. The Balaban J connectivity index is 1.24. The Bertz CT molecular complexity index is 790. The molecule has 1 N–H and O–H groups in total. The number of anilines is 1. The predicted octanol–water partition coefficient (Wildman–Crippen LogP) is 2.72. The molecular weight excluding hydrogens is 356 g/mol. The summed E-state index contributed by atoms with van der Waals surface area (Å²) in [6, 6.07) is 11.3. The fraction of sp³-hybridized carbons (Fsp3) is 0.429. The Morgan fingerprint density at radius 2 is 1.61 bits per heavy atom. The van der Waals surface area contributed by atoms with Crippen molar-refractivity contribution in [3.63, 3.8) is 0 Å². The summed E-state index contributed by atoms with van der Waals surface area (Å²) in [5.74, 6) is 1.02. The monoisotopic (exact) mass is 382 g/mol. The molecule has 0 radical (unpaired) electrons. The second-order valence-electron chi connectivity index (χ2n) is 7.34. The number of piperazine rings is 1. The summed E-state index contributed by atoms with van der Waals surface area (Å²) in [7, 11) is 0. The molecule has 2 aliphatic heterocycles. The number of carbonyl (C=O) groups is 2. The van der Waals surface area contributed by atoms with E-state index in [-0.39, 0.29) is 11.9 Å². The van der Waals surface area contributed by atoms with Gasteiger partial charge in [0.05, 0.1) is 12.8 Å². The standard InChI is InChI=1S/C21H26N4O3/c26-20(24-9-1-2-10-24)16-23-11-13-25(14-12-23)21(27)22-18-7-5-17(6-8-18)19-4-3-15-28-19/h3-8,15H,1-2,9-14,16H2,(H,22,27). The van der Waals surface area contributed by atoms with Crippen molar-refractivity contribution in [1.29, 1.82) is 0 Å². The minimum Gasteiger partial charge on any atom is -0.464 e. The van der Waals surface area contributed by atoms with E-state index in [0.29, 0.717) is 19.6 Å². The molecule has 2 saturated heterocycles. The van der Waals surface area contributed by atoms with E-state index in [1.807, 2.05) is 41.3 Å². The Morgan fingerprint density at radius 1 is 0.893 bits per heavy atom. The summed E-state index contributed by atoms with van der Waals surface area (Å²) in [4.78, 5) is 30.7. The van der Waals surface area contributed by atoms with Gasteiger partial charge >= 0.3 is 6.03 Å². The second kappa shape index (κ2) is 8.48. The molecule has 4 rings (SSSR count).